The standard InChI is InChI=1S/C13H26N2O.ClH/c1-2-8-15(10-12-5-9-16-11-12)13-3-6-14-7-4-13;/h12-14H,2-11H2,1H3;1H. The van der Waals surface area contributed by atoms with Crippen molar-refractivity contribution in [1.82, 2.24) is 10.2 Å². The third-order valence-electron chi connectivity index (χ3n) is 3.85. The van der Waals surface area contributed by atoms with Gasteiger partial charge in [-0.05, 0) is 51.2 Å². The minimum absolute atomic E-state index is 0. The Morgan fingerprint density at radius 1 is 1.24 bits per heavy atom. The summed E-state index contributed by atoms with van der Waals surface area (Å²) < 4.78 is 5.48. The van der Waals surface area contributed by atoms with Crippen LogP contribution in [0.1, 0.15) is 32.6 Å². The number of halogens is 1. The first-order chi connectivity index (χ1) is 7.90. The van der Waals surface area contributed by atoms with Crippen molar-refractivity contribution in [2.75, 3.05) is 39.4 Å². The molecule has 0 bridgehead atoms. The summed E-state index contributed by atoms with van der Waals surface area (Å²) >= 11 is 0. The molecule has 0 spiro atoms. The van der Waals surface area contributed by atoms with Gasteiger partial charge in [-0.15, -0.1) is 12.4 Å². The first-order valence-corrected chi connectivity index (χ1v) is 6.92. The van der Waals surface area contributed by atoms with E-state index in [1.54, 1.807) is 0 Å². The maximum atomic E-state index is 5.48. The highest BCUT2D eigenvalue weighted by atomic mass is 35.5. The van der Waals surface area contributed by atoms with E-state index >= 15 is 0 Å². The second-order valence-corrected chi connectivity index (χ2v) is 5.21. The Hall–Kier alpha value is 0.170. The second-order valence-electron chi connectivity index (χ2n) is 5.21. The molecule has 3 nitrogen and oxygen atoms in total. The van der Waals surface area contributed by atoms with Crippen LogP contribution in [0.2, 0.25) is 0 Å². The molecule has 0 radical (unpaired) electrons. The highest BCUT2D eigenvalue weighted by Gasteiger charge is 2.24. The lowest BCUT2D eigenvalue weighted by Crippen LogP contribution is -2.45. The van der Waals surface area contributed by atoms with Gasteiger partial charge in [0.25, 0.3) is 0 Å². The van der Waals surface area contributed by atoms with Crippen molar-refractivity contribution in [3.63, 3.8) is 0 Å². The van der Waals surface area contributed by atoms with Gasteiger partial charge < -0.3 is 10.1 Å². The predicted molar refractivity (Wildman–Crippen MR) is 73.9 cm³/mol. The summed E-state index contributed by atoms with van der Waals surface area (Å²) in [5.41, 5.74) is 0. The smallest absolute Gasteiger partial charge is 0.0507 e. The summed E-state index contributed by atoms with van der Waals surface area (Å²) in [7, 11) is 0. The highest BCUT2D eigenvalue weighted by molar-refractivity contribution is 5.85. The minimum Gasteiger partial charge on any atom is -0.381 e. The largest absolute Gasteiger partial charge is 0.381 e. The van der Waals surface area contributed by atoms with Crippen molar-refractivity contribution < 1.29 is 4.74 Å². The van der Waals surface area contributed by atoms with Crippen molar-refractivity contribution in [2.45, 2.75) is 38.6 Å². The molecule has 2 fully saturated rings. The summed E-state index contributed by atoms with van der Waals surface area (Å²) in [4.78, 5) is 2.72. The Balaban J connectivity index is 0.00000144. The molecule has 2 heterocycles. The molecule has 1 atom stereocenters. The van der Waals surface area contributed by atoms with E-state index in [2.05, 4.69) is 17.1 Å². The number of hydrogen-bond acceptors (Lipinski definition) is 3. The molecule has 0 aromatic heterocycles. The van der Waals surface area contributed by atoms with Crippen molar-refractivity contribution >= 4 is 12.4 Å². The van der Waals surface area contributed by atoms with Crippen LogP contribution in [-0.2, 0) is 4.74 Å². The maximum Gasteiger partial charge on any atom is 0.0507 e. The van der Waals surface area contributed by atoms with E-state index in [9.17, 15) is 0 Å². The van der Waals surface area contributed by atoms with E-state index in [0.29, 0.717) is 0 Å². The number of nitrogens with zero attached hydrogens (tertiary/aromatic N) is 1. The summed E-state index contributed by atoms with van der Waals surface area (Å²) in [5, 5.41) is 3.45. The Labute approximate surface area is 112 Å². The van der Waals surface area contributed by atoms with Crippen molar-refractivity contribution in [1.29, 1.82) is 0 Å². The number of rotatable bonds is 5. The molecule has 1 N–H and O–H groups in total. The van der Waals surface area contributed by atoms with Gasteiger partial charge in [-0.2, -0.15) is 0 Å². The third kappa shape index (κ3) is 4.74. The first-order valence-electron chi connectivity index (χ1n) is 6.92. The van der Waals surface area contributed by atoms with Gasteiger partial charge in [0.2, 0.25) is 0 Å². The van der Waals surface area contributed by atoms with Crippen LogP contribution in [0.4, 0.5) is 0 Å². The second kappa shape index (κ2) is 8.30. The predicted octanol–water partition coefficient (Wildman–Crippen LogP) is 1.91. The molecule has 4 heteroatoms. The Kier molecular flexibility index (Phi) is 7.44. The average Bonchev–Trinajstić information content (AvgIpc) is 2.83. The van der Waals surface area contributed by atoms with Crippen molar-refractivity contribution in [3.05, 3.63) is 0 Å². The molecule has 102 valence electrons. The zero-order valence-electron chi connectivity index (χ0n) is 11.0. The van der Waals surface area contributed by atoms with Gasteiger partial charge in [-0.3, -0.25) is 4.90 Å². The monoisotopic (exact) mass is 262 g/mol. The zero-order valence-corrected chi connectivity index (χ0v) is 11.8. The van der Waals surface area contributed by atoms with E-state index in [0.717, 1.165) is 25.2 Å². The van der Waals surface area contributed by atoms with Crippen LogP contribution in [0.25, 0.3) is 0 Å². The van der Waals surface area contributed by atoms with Crippen LogP contribution in [0.5, 0.6) is 0 Å². The van der Waals surface area contributed by atoms with Gasteiger partial charge in [0, 0.05) is 19.2 Å². The molecule has 0 saturated carbocycles. The van der Waals surface area contributed by atoms with Gasteiger partial charge in [0.1, 0.15) is 0 Å². The van der Waals surface area contributed by atoms with Gasteiger partial charge in [0.15, 0.2) is 0 Å². The van der Waals surface area contributed by atoms with Gasteiger partial charge in [0.05, 0.1) is 6.61 Å². The molecule has 0 aliphatic carbocycles. The van der Waals surface area contributed by atoms with Crippen LogP contribution in [0.3, 0.4) is 0 Å². The summed E-state index contributed by atoms with van der Waals surface area (Å²) in [6.45, 7) is 9.19. The summed E-state index contributed by atoms with van der Waals surface area (Å²) in [5.74, 6) is 0.793. The topological polar surface area (TPSA) is 24.5 Å². The maximum absolute atomic E-state index is 5.48. The number of ether oxygens (including phenoxy) is 1. The number of hydrogen-bond donors (Lipinski definition) is 1. The molecule has 17 heavy (non-hydrogen) atoms. The molecule has 2 saturated heterocycles. The lowest BCUT2D eigenvalue weighted by Gasteiger charge is -2.35. The van der Waals surface area contributed by atoms with Gasteiger partial charge in [-0.25, -0.2) is 0 Å². The van der Waals surface area contributed by atoms with Crippen LogP contribution in [0, 0.1) is 5.92 Å². The molecule has 2 aliphatic heterocycles. The van der Waals surface area contributed by atoms with E-state index in [-0.39, 0.29) is 12.4 Å². The molecule has 0 aromatic rings. The first kappa shape index (κ1) is 15.2. The number of nitrogens with one attached hydrogen (secondary N) is 1. The van der Waals surface area contributed by atoms with Crippen LogP contribution in [0.15, 0.2) is 0 Å². The Morgan fingerprint density at radius 3 is 2.59 bits per heavy atom. The van der Waals surface area contributed by atoms with Crippen LogP contribution >= 0.6 is 12.4 Å². The highest BCUT2D eigenvalue weighted by Crippen LogP contribution is 2.19. The molecular formula is C13H27ClN2O. The fourth-order valence-corrected chi connectivity index (χ4v) is 2.94. The quantitative estimate of drug-likeness (QED) is 0.819. The normalized spacial score (nSPS) is 26.1. The van der Waals surface area contributed by atoms with Crippen molar-refractivity contribution in [3.8, 4) is 0 Å². The van der Waals surface area contributed by atoms with E-state index in [1.165, 1.54) is 51.9 Å². The fourth-order valence-electron chi connectivity index (χ4n) is 2.94. The average molecular weight is 263 g/mol. The molecule has 2 rings (SSSR count). The lowest BCUT2D eigenvalue weighted by atomic mass is 10.0. The van der Waals surface area contributed by atoms with Crippen molar-refractivity contribution in [2.24, 2.45) is 5.92 Å². The summed E-state index contributed by atoms with van der Waals surface area (Å²) in [6.07, 6.45) is 5.20. The molecule has 1 unspecified atom stereocenters. The summed E-state index contributed by atoms with van der Waals surface area (Å²) in [6, 6.07) is 0.821. The van der Waals surface area contributed by atoms with E-state index in [1.807, 2.05) is 0 Å². The molecule has 0 amide bonds. The third-order valence-corrected chi connectivity index (χ3v) is 3.85. The lowest BCUT2D eigenvalue weighted by molar-refractivity contribution is 0.124. The minimum atomic E-state index is 0. The fraction of sp³-hybridized carbons (Fsp3) is 1.00. The molecule has 0 aromatic carbocycles. The van der Waals surface area contributed by atoms with Crippen LogP contribution < -0.4 is 5.32 Å². The van der Waals surface area contributed by atoms with Gasteiger partial charge in [-0.1, -0.05) is 6.92 Å². The Morgan fingerprint density at radius 2 is 2.00 bits per heavy atom. The Bertz CT molecular complexity index is 192. The van der Waals surface area contributed by atoms with Crippen LogP contribution in [-0.4, -0.2) is 50.3 Å². The number of piperidine rings is 1. The molecule has 2 aliphatic rings. The van der Waals surface area contributed by atoms with Gasteiger partial charge >= 0.3 is 0 Å². The zero-order chi connectivity index (χ0) is 11.2. The SMILES string of the molecule is CCCN(CC1CCOC1)C1CCNCC1.Cl. The van der Waals surface area contributed by atoms with E-state index in [4.69, 9.17) is 4.74 Å². The van der Waals surface area contributed by atoms with E-state index < -0.39 is 0 Å². The molecular weight excluding hydrogens is 236 g/mol.